The summed E-state index contributed by atoms with van der Waals surface area (Å²) in [6, 6.07) is 3.10. The van der Waals surface area contributed by atoms with Gasteiger partial charge in [0.05, 0.1) is 15.5 Å². The molecule has 15 heavy (non-hydrogen) atoms. The molecule has 0 fully saturated rings. The van der Waals surface area contributed by atoms with E-state index in [2.05, 4.69) is 15.9 Å². The second-order valence-corrected chi connectivity index (χ2v) is 7.80. The fourth-order valence-corrected chi connectivity index (χ4v) is 4.61. The van der Waals surface area contributed by atoms with Crippen molar-refractivity contribution in [1.82, 2.24) is 0 Å². The summed E-state index contributed by atoms with van der Waals surface area (Å²) in [6.07, 6.45) is 0. The van der Waals surface area contributed by atoms with Gasteiger partial charge in [-0.2, -0.15) is 0 Å². The Hall–Kier alpha value is -0.400. The Balaban J connectivity index is 2.90. The molecule has 1 aromatic rings. The number of sulfone groups is 1. The van der Waals surface area contributed by atoms with Crippen molar-refractivity contribution in [2.45, 2.75) is 11.1 Å². The predicted molar refractivity (Wildman–Crippen MR) is 60.9 cm³/mol. The average molecular weight is 313 g/mol. The Morgan fingerprint density at radius 2 is 2.20 bits per heavy atom. The van der Waals surface area contributed by atoms with Gasteiger partial charge in [-0.1, -0.05) is 6.92 Å². The van der Waals surface area contributed by atoms with Crippen LogP contribution in [0.1, 0.15) is 6.92 Å². The summed E-state index contributed by atoms with van der Waals surface area (Å²) < 4.78 is 24.3. The lowest BCUT2D eigenvalue weighted by molar-refractivity contribution is -0.140. The minimum absolute atomic E-state index is 0.197. The van der Waals surface area contributed by atoms with Crippen molar-refractivity contribution >= 4 is 43.1 Å². The molecular formula is C8H9BrO4S2. The molecule has 0 amide bonds. The molecule has 0 aromatic carbocycles. The minimum Gasteiger partial charge on any atom is -0.481 e. The van der Waals surface area contributed by atoms with E-state index in [-0.39, 0.29) is 9.96 Å². The van der Waals surface area contributed by atoms with Crippen molar-refractivity contribution in [3.8, 4) is 0 Å². The Bertz CT molecular complexity index is 463. The quantitative estimate of drug-likeness (QED) is 0.923. The summed E-state index contributed by atoms with van der Waals surface area (Å²) in [5, 5.41) is 8.63. The van der Waals surface area contributed by atoms with Crippen LogP contribution in [-0.4, -0.2) is 25.2 Å². The predicted octanol–water partition coefficient (Wildman–Crippen LogP) is 2.00. The lowest BCUT2D eigenvalue weighted by atomic mass is 10.2. The van der Waals surface area contributed by atoms with Gasteiger partial charge >= 0.3 is 5.97 Å². The van der Waals surface area contributed by atoms with E-state index in [0.29, 0.717) is 3.79 Å². The molecular weight excluding hydrogens is 304 g/mol. The highest BCUT2D eigenvalue weighted by molar-refractivity contribution is 9.11. The first-order valence-electron chi connectivity index (χ1n) is 4.04. The molecule has 84 valence electrons. The number of rotatable bonds is 4. The number of carboxylic acids is 1. The zero-order valence-corrected chi connectivity index (χ0v) is 11.0. The van der Waals surface area contributed by atoms with Crippen LogP contribution in [0.15, 0.2) is 20.1 Å². The zero-order valence-electron chi connectivity index (χ0n) is 7.81. The number of hydrogen-bond acceptors (Lipinski definition) is 4. The zero-order chi connectivity index (χ0) is 11.6. The van der Waals surface area contributed by atoms with E-state index < -0.39 is 21.7 Å². The third kappa shape index (κ3) is 3.29. The van der Waals surface area contributed by atoms with E-state index in [4.69, 9.17) is 5.11 Å². The molecule has 0 bridgehead atoms. The number of carbonyl (C=O) groups is 1. The van der Waals surface area contributed by atoms with Gasteiger partial charge in [-0.15, -0.1) is 11.3 Å². The van der Waals surface area contributed by atoms with Crippen LogP contribution >= 0.6 is 27.3 Å². The molecule has 1 unspecified atom stereocenters. The molecule has 0 saturated carbocycles. The van der Waals surface area contributed by atoms with Gasteiger partial charge in [0.1, 0.15) is 4.21 Å². The molecule has 0 aliphatic heterocycles. The van der Waals surface area contributed by atoms with Gasteiger partial charge < -0.3 is 5.11 Å². The lowest BCUT2D eigenvalue weighted by Crippen LogP contribution is -2.20. The van der Waals surface area contributed by atoms with Crippen LogP contribution in [-0.2, 0) is 14.6 Å². The van der Waals surface area contributed by atoms with Gasteiger partial charge in [-0.05, 0) is 28.1 Å². The van der Waals surface area contributed by atoms with Gasteiger partial charge in [-0.25, -0.2) is 8.42 Å². The molecule has 1 N–H and O–H groups in total. The van der Waals surface area contributed by atoms with Crippen molar-refractivity contribution in [1.29, 1.82) is 0 Å². The van der Waals surface area contributed by atoms with Crippen LogP contribution in [0.2, 0.25) is 0 Å². The van der Waals surface area contributed by atoms with Crippen molar-refractivity contribution < 1.29 is 18.3 Å². The van der Waals surface area contributed by atoms with Gasteiger partial charge in [0.25, 0.3) is 0 Å². The van der Waals surface area contributed by atoms with E-state index in [1.165, 1.54) is 13.0 Å². The lowest BCUT2D eigenvalue weighted by Gasteiger charge is -2.05. The third-order valence-corrected chi connectivity index (χ3v) is 5.86. The second kappa shape index (κ2) is 4.63. The fraction of sp³-hybridized carbons (Fsp3) is 0.375. The number of aliphatic carboxylic acids is 1. The third-order valence-electron chi connectivity index (χ3n) is 1.75. The summed E-state index contributed by atoms with van der Waals surface area (Å²) in [6.45, 7) is 1.38. The van der Waals surface area contributed by atoms with Crippen molar-refractivity contribution in [3.05, 3.63) is 15.9 Å². The maximum atomic E-state index is 11.7. The average Bonchev–Trinajstić information content (AvgIpc) is 2.51. The van der Waals surface area contributed by atoms with E-state index in [1.54, 1.807) is 6.07 Å². The highest BCUT2D eigenvalue weighted by Gasteiger charge is 2.23. The molecule has 0 aliphatic carbocycles. The Morgan fingerprint density at radius 3 is 2.60 bits per heavy atom. The Labute approximate surface area is 100.0 Å². The monoisotopic (exact) mass is 312 g/mol. The standard InChI is InChI=1S/C8H9BrO4S2/c1-5(8(10)11)4-15(12,13)7-3-2-6(9)14-7/h2-3,5H,4H2,1H3,(H,10,11). The number of thiophene rings is 1. The summed E-state index contributed by atoms with van der Waals surface area (Å²) in [7, 11) is -3.48. The summed E-state index contributed by atoms with van der Waals surface area (Å²) in [5.41, 5.74) is 0. The molecule has 1 heterocycles. The molecule has 1 atom stereocenters. The minimum atomic E-state index is -3.48. The SMILES string of the molecule is CC(CS(=O)(=O)c1ccc(Br)s1)C(=O)O. The van der Waals surface area contributed by atoms with E-state index in [9.17, 15) is 13.2 Å². The molecule has 0 aliphatic rings. The van der Waals surface area contributed by atoms with Crippen LogP contribution in [0.3, 0.4) is 0 Å². The maximum Gasteiger partial charge on any atom is 0.307 e. The van der Waals surface area contributed by atoms with Gasteiger partial charge in [0.2, 0.25) is 0 Å². The van der Waals surface area contributed by atoms with E-state index in [0.717, 1.165) is 11.3 Å². The van der Waals surface area contributed by atoms with Crippen molar-refractivity contribution in [2.24, 2.45) is 5.92 Å². The molecule has 0 radical (unpaired) electrons. The van der Waals surface area contributed by atoms with Gasteiger partial charge in [0.15, 0.2) is 9.84 Å². The Morgan fingerprint density at radius 1 is 1.60 bits per heavy atom. The van der Waals surface area contributed by atoms with Crippen LogP contribution < -0.4 is 0 Å². The van der Waals surface area contributed by atoms with Crippen LogP contribution in [0.5, 0.6) is 0 Å². The highest BCUT2D eigenvalue weighted by atomic mass is 79.9. The Kier molecular flexibility index (Phi) is 3.91. The molecule has 7 heteroatoms. The first-order chi connectivity index (χ1) is 6.83. The normalized spacial score (nSPS) is 13.7. The fourth-order valence-electron chi connectivity index (χ4n) is 0.947. The van der Waals surface area contributed by atoms with E-state index in [1.807, 2.05) is 0 Å². The molecule has 0 saturated heterocycles. The molecule has 1 rings (SSSR count). The molecule has 1 aromatic heterocycles. The molecule has 0 spiro atoms. The first-order valence-corrected chi connectivity index (χ1v) is 7.30. The number of carboxylic acid groups (broad SMARTS) is 1. The van der Waals surface area contributed by atoms with Gasteiger partial charge in [0, 0.05) is 0 Å². The largest absolute Gasteiger partial charge is 0.481 e. The first kappa shape index (κ1) is 12.7. The van der Waals surface area contributed by atoms with Crippen molar-refractivity contribution in [3.63, 3.8) is 0 Å². The smallest absolute Gasteiger partial charge is 0.307 e. The summed E-state index contributed by atoms with van der Waals surface area (Å²) in [4.78, 5) is 10.5. The highest BCUT2D eigenvalue weighted by Crippen LogP contribution is 2.27. The van der Waals surface area contributed by atoms with Crippen LogP contribution in [0, 0.1) is 5.92 Å². The van der Waals surface area contributed by atoms with Crippen LogP contribution in [0.25, 0.3) is 0 Å². The second-order valence-electron chi connectivity index (χ2n) is 3.08. The summed E-state index contributed by atoms with van der Waals surface area (Å²) in [5.74, 6) is -2.36. The maximum absolute atomic E-state index is 11.7. The topological polar surface area (TPSA) is 71.4 Å². The van der Waals surface area contributed by atoms with Crippen LogP contribution in [0.4, 0.5) is 0 Å². The number of halogens is 1. The van der Waals surface area contributed by atoms with E-state index >= 15 is 0 Å². The summed E-state index contributed by atoms with van der Waals surface area (Å²) >= 11 is 4.24. The number of hydrogen-bond donors (Lipinski definition) is 1. The van der Waals surface area contributed by atoms with Gasteiger partial charge in [-0.3, -0.25) is 4.79 Å². The van der Waals surface area contributed by atoms with Crippen molar-refractivity contribution in [2.75, 3.05) is 5.75 Å². The molecule has 4 nitrogen and oxygen atoms in total.